The molecule has 8 nitrogen and oxygen atoms in total. The summed E-state index contributed by atoms with van der Waals surface area (Å²) >= 11 is 1.68. The van der Waals surface area contributed by atoms with Gasteiger partial charge in [0.05, 0.1) is 24.1 Å². The number of ether oxygens (including phenoxy) is 2. The molecular formula is C22H31N3O5S2. The number of unbranched alkanes of at least 4 members (excludes halogenated alkanes) is 1. The number of thiazole rings is 1. The van der Waals surface area contributed by atoms with E-state index in [4.69, 9.17) is 9.47 Å². The molecule has 0 radical (unpaired) electrons. The van der Waals surface area contributed by atoms with E-state index in [1.54, 1.807) is 17.4 Å². The van der Waals surface area contributed by atoms with Crippen molar-refractivity contribution in [1.29, 1.82) is 0 Å². The van der Waals surface area contributed by atoms with Crippen molar-refractivity contribution in [2.45, 2.75) is 43.9 Å². The highest BCUT2D eigenvalue weighted by atomic mass is 32.2. The number of carbonyl (C=O) groups is 1. The Morgan fingerprint density at radius 3 is 2.53 bits per heavy atom. The fraction of sp³-hybridized carbons (Fsp3) is 0.545. The zero-order valence-electron chi connectivity index (χ0n) is 18.8. The summed E-state index contributed by atoms with van der Waals surface area (Å²) in [6.45, 7) is 3.26. The Balaban J connectivity index is 1.45. The quantitative estimate of drug-likeness (QED) is 0.524. The average molecular weight is 482 g/mol. The maximum Gasteiger partial charge on any atom is 0.243 e. The molecule has 0 aliphatic carbocycles. The van der Waals surface area contributed by atoms with Crippen molar-refractivity contribution in [3.63, 3.8) is 0 Å². The molecular weight excluding hydrogens is 450 g/mol. The van der Waals surface area contributed by atoms with Crippen molar-refractivity contribution in [2.75, 3.05) is 33.9 Å². The number of benzene rings is 1. The molecule has 0 atom stereocenters. The summed E-state index contributed by atoms with van der Waals surface area (Å²) in [4.78, 5) is 17.1. The van der Waals surface area contributed by atoms with Crippen molar-refractivity contribution in [3.05, 3.63) is 34.3 Å². The Bertz CT molecular complexity index is 1010. The first-order chi connectivity index (χ1) is 15.3. The van der Waals surface area contributed by atoms with E-state index in [0.29, 0.717) is 44.0 Å². The Morgan fingerprint density at radius 1 is 1.19 bits per heavy atom. The van der Waals surface area contributed by atoms with Crippen molar-refractivity contribution < 1.29 is 22.7 Å². The van der Waals surface area contributed by atoms with Gasteiger partial charge < -0.3 is 14.8 Å². The van der Waals surface area contributed by atoms with Crippen molar-refractivity contribution in [2.24, 2.45) is 5.92 Å². The van der Waals surface area contributed by atoms with E-state index in [2.05, 4.69) is 15.7 Å². The van der Waals surface area contributed by atoms with Gasteiger partial charge in [-0.05, 0) is 51.2 Å². The lowest BCUT2D eigenvalue weighted by molar-refractivity contribution is -0.126. The third kappa shape index (κ3) is 5.99. The van der Waals surface area contributed by atoms with E-state index in [9.17, 15) is 13.2 Å². The van der Waals surface area contributed by atoms with Crippen molar-refractivity contribution >= 4 is 27.3 Å². The van der Waals surface area contributed by atoms with E-state index < -0.39 is 10.0 Å². The molecule has 2 aromatic rings. The van der Waals surface area contributed by atoms with Crippen LogP contribution < -0.4 is 14.8 Å². The predicted octanol–water partition coefficient (Wildman–Crippen LogP) is 3.01. The van der Waals surface area contributed by atoms with Crippen LogP contribution in [0.15, 0.2) is 28.5 Å². The number of hydrogen-bond acceptors (Lipinski definition) is 7. The standard InChI is InChI=1S/C22H31N3O5S2/c1-16-15-31-21(24-16)6-4-5-11-23-22(26)17-9-12-25(13-10-17)32(27,28)18-7-8-19(29-2)20(14-18)30-3/h7-8,14-15,17H,4-6,9-13H2,1-3H3,(H,23,26). The summed E-state index contributed by atoms with van der Waals surface area (Å²) in [5, 5.41) is 6.19. The lowest BCUT2D eigenvalue weighted by atomic mass is 9.97. The summed E-state index contributed by atoms with van der Waals surface area (Å²) in [7, 11) is -0.682. The first kappa shape index (κ1) is 24.5. The van der Waals surface area contributed by atoms with Gasteiger partial charge in [-0.25, -0.2) is 13.4 Å². The molecule has 3 rings (SSSR count). The molecule has 10 heteroatoms. The number of carbonyl (C=O) groups excluding carboxylic acids is 1. The van der Waals surface area contributed by atoms with E-state index in [0.717, 1.165) is 30.0 Å². The van der Waals surface area contributed by atoms with Crippen LogP contribution in [0.5, 0.6) is 11.5 Å². The lowest BCUT2D eigenvalue weighted by Gasteiger charge is -2.30. The highest BCUT2D eigenvalue weighted by Gasteiger charge is 2.32. The van der Waals surface area contributed by atoms with Crippen LogP contribution in [0.2, 0.25) is 0 Å². The molecule has 0 spiro atoms. The first-order valence-electron chi connectivity index (χ1n) is 10.8. The number of methoxy groups -OCH3 is 2. The number of piperidine rings is 1. The molecule has 1 aliphatic heterocycles. The summed E-state index contributed by atoms with van der Waals surface area (Å²) in [6.07, 6.45) is 3.83. The molecule has 32 heavy (non-hydrogen) atoms. The largest absolute Gasteiger partial charge is 0.493 e. The van der Waals surface area contributed by atoms with Gasteiger partial charge in [0.2, 0.25) is 15.9 Å². The van der Waals surface area contributed by atoms with Gasteiger partial charge >= 0.3 is 0 Å². The van der Waals surface area contributed by atoms with E-state index >= 15 is 0 Å². The van der Waals surface area contributed by atoms with Gasteiger partial charge in [-0.15, -0.1) is 11.3 Å². The van der Waals surface area contributed by atoms with Gasteiger partial charge in [0.25, 0.3) is 0 Å². The molecule has 0 bridgehead atoms. The molecule has 1 saturated heterocycles. The van der Waals surface area contributed by atoms with Crippen LogP contribution >= 0.6 is 11.3 Å². The molecule has 1 fully saturated rings. The van der Waals surface area contributed by atoms with Crippen LogP contribution in [0.1, 0.15) is 36.4 Å². The van der Waals surface area contributed by atoms with Crippen LogP contribution in [-0.2, 0) is 21.2 Å². The number of nitrogens with zero attached hydrogens (tertiary/aromatic N) is 2. The molecule has 1 aliphatic rings. The Hall–Kier alpha value is -2.17. The van der Waals surface area contributed by atoms with Crippen LogP contribution in [0.3, 0.4) is 0 Å². The third-order valence-corrected chi connectivity index (χ3v) is 8.52. The Morgan fingerprint density at radius 2 is 1.91 bits per heavy atom. The SMILES string of the molecule is COc1ccc(S(=O)(=O)N2CCC(C(=O)NCCCCc3nc(C)cs3)CC2)cc1OC. The fourth-order valence-electron chi connectivity index (χ4n) is 3.76. The van der Waals surface area contributed by atoms with Gasteiger partial charge in [-0.2, -0.15) is 4.31 Å². The molecule has 176 valence electrons. The second-order valence-electron chi connectivity index (χ2n) is 7.83. The summed E-state index contributed by atoms with van der Waals surface area (Å²) in [6, 6.07) is 4.57. The predicted molar refractivity (Wildman–Crippen MR) is 124 cm³/mol. The van der Waals surface area contributed by atoms with Crippen molar-refractivity contribution in [3.8, 4) is 11.5 Å². The zero-order valence-corrected chi connectivity index (χ0v) is 20.4. The second-order valence-corrected chi connectivity index (χ2v) is 10.7. The zero-order chi connectivity index (χ0) is 23.1. The minimum atomic E-state index is -3.66. The molecule has 1 amide bonds. The summed E-state index contributed by atoms with van der Waals surface area (Å²) in [5.74, 6) is 0.697. The van der Waals surface area contributed by atoms with Crippen LogP contribution in [0.25, 0.3) is 0 Å². The fourth-order valence-corrected chi connectivity index (χ4v) is 6.06. The average Bonchev–Trinajstić information content (AvgIpc) is 3.23. The summed E-state index contributed by atoms with van der Waals surface area (Å²) in [5.41, 5.74) is 1.05. The topological polar surface area (TPSA) is 97.8 Å². The normalized spacial score (nSPS) is 15.5. The third-order valence-electron chi connectivity index (χ3n) is 5.60. The van der Waals surface area contributed by atoms with E-state index in [1.807, 2.05) is 6.92 Å². The molecule has 1 aromatic carbocycles. The van der Waals surface area contributed by atoms with Crippen LogP contribution in [-0.4, -0.2) is 57.5 Å². The van der Waals surface area contributed by atoms with Gasteiger partial charge in [0.1, 0.15) is 0 Å². The molecule has 0 saturated carbocycles. The highest BCUT2D eigenvalue weighted by Crippen LogP contribution is 2.32. The number of aromatic nitrogens is 1. The number of rotatable bonds is 10. The molecule has 0 unspecified atom stereocenters. The van der Waals surface area contributed by atoms with Gasteiger partial charge in [-0.1, -0.05) is 0 Å². The van der Waals surface area contributed by atoms with Crippen LogP contribution in [0.4, 0.5) is 0 Å². The molecule has 1 N–H and O–H groups in total. The number of sulfonamides is 1. The van der Waals surface area contributed by atoms with E-state index in [-0.39, 0.29) is 16.7 Å². The van der Waals surface area contributed by atoms with Crippen molar-refractivity contribution in [1.82, 2.24) is 14.6 Å². The smallest absolute Gasteiger partial charge is 0.243 e. The maximum atomic E-state index is 13.0. The van der Waals surface area contributed by atoms with Gasteiger partial charge in [0.15, 0.2) is 11.5 Å². The second kappa shape index (κ2) is 11.1. The van der Waals surface area contributed by atoms with Gasteiger partial charge in [-0.3, -0.25) is 4.79 Å². The number of nitrogens with one attached hydrogen (secondary N) is 1. The summed E-state index contributed by atoms with van der Waals surface area (Å²) < 4.78 is 37.9. The minimum Gasteiger partial charge on any atom is -0.493 e. The molecule has 2 heterocycles. The van der Waals surface area contributed by atoms with E-state index in [1.165, 1.54) is 30.7 Å². The van der Waals surface area contributed by atoms with Crippen LogP contribution in [0, 0.1) is 12.8 Å². The Labute approximate surface area is 194 Å². The molecule has 1 aromatic heterocycles. The number of amides is 1. The highest BCUT2D eigenvalue weighted by molar-refractivity contribution is 7.89. The Kier molecular flexibility index (Phi) is 8.50. The lowest BCUT2D eigenvalue weighted by Crippen LogP contribution is -2.43. The maximum absolute atomic E-state index is 13.0. The minimum absolute atomic E-state index is 0.0123. The first-order valence-corrected chi connectivity index (χ1v) is 13.1. The van der Waals surface area contributed by atoms with Gasteiger partial charge in [0, 0.05) is 42.7 Å². The monoisotopic (exact) mass is 481 g/mol. The number of aryl methyl sites for hydroxylation is 2. The number of hydrogen-bond donors (Lipinski definition) is 1.